The summed E-state index contributed by atoms with van der Waals surface area (Å²) in [5.74, 6) is -5.69. The van der Waals surface area contributed by atoms with E-state index in [0.717, 1.165) is 0 Å². The van der Waals surface area contributed by atoms with Crippen LogP contribution in [0.5, 0.6) is 0 Å². The van der Waals surface area contributed by atoms with E-state index in [4.69, 9.17) is 0 Å². The Morgan fingerprint density at radius 3 is 2.33 bits per heavy atom. The summed E-state index contributed by atoms with van der Waals surface area (Å²) < 4.78 is 0. The topological polar surface area (TPSA) is 126 Å². The molecule has 0 bridgehead atoms. The van der Waals surface area contributed by atoms with Crippen LogP contribution < -0.4 is 15.5 Å². The number of carbonyl (C=O) groups is 4. The monoisotopic (exact) mass is 231 g/mol. The van der Waals surface area contributed by atoms with Crippen molar-refractivity contribution in [1.29, 1.82) is 0 Å². The summed E-state index contributed by atoms with van der Waals surface area (Å²) in [5, 5.41) is 20.7. The molecule has 0 aromatic heterocycles. The van der Waals surface area contributed by atoms with Crippen LogP contribution >= 0.6 is 11.8 Å². The number of carboxylic acids is 2. The molecule has 1 aliphatic heterocycles. The molecular formula is C7H5NO6S-2. The number of amides is 2. The number of carboxylic acid groups (broad SMARTS) is 2. The van der Waals surface area contributed by atoms with E-state index >= 15 is 0 Å². The molecule has 82 valence electrons. The van der Waals surface area contributed by atoms with Crippen LogP contribution in [-0.4, -0.2) is 28.3 Å². The molecule has 8 heteroatoms. The summed E-state index contributed by atoms with van der Waals surface area (Å²) in [4.78, 5) is 42.6. The molecule has 0 aromatic rings. The van der Waals surface area contributed by atoms with Gasteiger partial charge < -0.3 is 19.8 Å². The molecule has 0 saturated carbocycles. The van der Waals surface area contributed by atoms with Gasteiger partial charge in [-0.15, -0.1) is 0 Å². The fraction of sp³-hybridized carbons (Fsp3) is 0.429. The van der Waals surface area contributed by atoms with Crippen molar-refractivity contribution in [2.75, 3.05) is 0 Å². The molecule has 0 unspecified atom stereocenters. The molecule has 2 atom stereocenters. The quantitative estimate of drug-likeness (QED) is 0.541. The number of aliphatic carboxylic acids is 2. The molecule has 1 saturated heterocycles. The SMILES string of the molecule is O=C([O-])C[C@H](C(=O)[O-])[C@@H]1SC(=O)NC1=O. The average molecular weight is 231 g/mol. The number of thioether (sulfide) groups is 1. The van der Waals surface area contributed by atoms with Crippen molar-refractivity contribution in [2.45, 2.75) is 11.7 Å². The van der Waals surface area contributed by atoms with E-state index in [0.29, 0.717) is 11.8 Å². The minimum Gasteiger partial charge on any atom is -0.550 e. The Balaban J connectivity index is 2.80. The molecular weight excluding hydrogens is 226 g/mol. The Bertz CT molecular complexity index is 340. The van der Waals surface area contributed by atoms with Crippen molar-refractivity contribution in [3.8, 4) is 0 Å². The summed E-state index contributed by atoms with van der Waals surface area (Å²) in [7, 11) is 0. The van der Waals surface area contributed by atoms with Crippen molar-refractivity contribution in [2.24, 2.45) is 5.92 Å². The average Bonchev–Trinajstić information content (AvgIpc) is 2.40. The number of nitrogens with one attached hydrogen (secondary N) is 1. The fourth-order valence-corrected chi connectivity index (χ4v) is 2.06. The fourth-order valence-electron chi connectivity index (χ4n) is 1.13. The summed E-state index contributed by atoms with van der Waals surface area (Å²) in [6.45, 7) is 0. The lowest BCUT2D eigenvalue weighted by Crippen LogP contribution is -2.44. The van der Waals surface area contributed by atoms with Gasteiger partial charge in [-0.25, -0.2) is 0 Å². The maximum absolute atomic E-state index is 11.1. The second-order valence-corrected chi connectivity index (χ2v) is 3.93. The highest BCUT2D eigenvalue weighted by Gasteiger charge is 2.38. The van der Waals surface area contributed by atoms with E-state index in [1.165, 1.54) is 0 Å². The summed E-state index contributed by atoms with van der Waals surface area (Å²) in [6.07, 6.45) is -0.860. The molecule has 0 aliphatic carbocycles. The maximum Gasteiger partial charge on any atom is 0.286 e. The van der Waals surface area contributed by atoms with E-state index in [9.17, 15) is 29.4 Å². The lowest BCUT2D eigenvalue weighted by Gasteiger charge is -2.21. The van der Waals surface area contributed by atoms with Gasteiger partial charge in [-0.05, 0) is 6.42 Å². The van der Waals surface area contributed by atoms with Crippen LogP contribution in [0.2, 0.25) is 0 Å². The second-order valence-electron chi connectivity index (χ2n) is 2.82. The molecule has 1 aliphatic rings. The molecule has 7 nitrogen and oxygen atoms in total. The van der Waals surface area contributed by atoms with E-state index < -0.39 is 40.7 Å². The third-order valence-electron chi connectivity index (χ3n) is 1.77. The number of carbonyl (C=O) groups excluding carboxylic acids is 4. The Morgan fingerprint density at radius 2 is 2.00 bits per heavy atom. The smallest absolute Gasteiger partial charge is 0.286 e. The van der Waals surface area contributed by atoms with Gasteiger partial charge in [-0.3, -0.25) is 14.9 Å². The first-order valence-corrected chi connectivity index (χ1v) is 4.72. The van der Waals surface area contributed by atoms with Gasteiger partial charge in [0.1, 0.15) is 5.25 Å². The van der Waals surface area contributed by atoms with Crippen LogP contribution in [0.25, 0.3) is 0 Å². The number of hydrogen-bond donors (Lipinski definition) is 1. The third kappa shape index (κ3) is 2.69. The van der Waals surface area contributed by atoms with Gasteiger partial charge in [0, 0.05) is 17.9 Å². The van der Waals surface area contributed by atoms with E-state index in [1.54, 1.807) is 0 Å². The molecule has 0 aromatic carbocycles. The van der Waals surface area contributed by atoms with Crippen molar-refractivity contribution in [1.82, 2.24) is 5.32 Å². The Kier molecular flexibility index (Phi) is 3.30. The minimum atomic E-state index is -1.69. The van der Waals surface area contributed by atoms with Crippen molar-refractivity contribution in [3.63, 3.8) is 0 Å². The van der Waals surface area contributed by atoms with E-state index in [-0.39, 0.29) is 0 Å². The van der Waals surface area contributed by atoms with Crippen molar-refractivity contribution >= 4 is 34.8 Å². The van der Waals surface area contributed by atoms with Gasteiger partial charge in [0.2, 0.25) is 5.91 Å². The largest absolute Gasteiger partial charge is 0.550 e. The Morgan fingerprint density at radius 1 is 1.40 bits per heavy atom. The zero-order valence-corrected chi connectivity index (χ0v) is 8.04. The van der Waals surface area contributed by atoms with Crippen molar-refractivity contribution < 1.29 is 29.4 Å². The summed E-state index contributed by atoms with van der Waals surface area (Å²) in [5.41, 5.74) is 0. The zero-order chi connectivity index (χ0) is 11.6. The second kappa shape index (κ2) is 4.30. The summed E-state index contributed by atoms with van der Waals surface area (Å²) in [6, 6.07) is 0. The first-order chi connectivity index (χ1) is 6.91. The molecule has 0 radical (unpaired) electrons. The van der Waals surface area contributed by atoms with Gasteiger partial charge in [-0.1, -0.05) is 11.8 Å². The van der Waals surface area contributed by atoms with Gasteiger partial charge in [-0.2, -0.15) is 0 Å². The molecule has 1 N–H and O–H groups in total. The van der Waals surface area contributed by atoms with Crippen LogP contribution in [0.1, 0.15) is 6.42 Å². The van der Waals surface area contributed by atoms with E-state index in [2.05, 4.69) is 0 Å². The number of hydrogen-bond acceptors (Lipinski definition) is 7. The normalized spacial score (nSPS) is 22.3. The lowest BCUT2D eigenvalue weighted by atomic mass is 10.0. The standard InChI is InChI=1S/C7H7NO6S/c9-3(10)1-2(6(12)13)4-5(11)8-7(14)15-4/h2,4H,1H2,(H,9,10)(H,12,13)(H,8,11,14)/p-2/t2-,4-/m0/s1. The third-order valence-corrected chi connectivity index (χ3v) is 2.89. The maximum atomic E-state index is 11.1. The molecule has 1 fully saturated rings. The first-order valence-electron chi connectivity index (χ1n) is 3.84. The number of imide groups is 1. The highest BCUT2D eigenvalue weighted by molar-refractivity contribution is 8.15. The van der Waals surface area contributed by atoms with Crippen LogP contribution in [0.4, 0.5) is 4.79 Å². The van der Waals surface area contributed by atoms with Crippen LogP contribution in [0.15, 0.2) is 0 Å². The van der Waals surface area contributed by atoms with Crippen LogP contribution in [0, 0.1) is 5.92 Å². The minimum absolute atomic E-state index is 0.441. The van der Waals surface area contributed by atoms with Gasteiger partial charge in [0.15, 0.2) is 0 Å². The molecule has 0 spiro atoms. The Hall–Kier alpha value is -1.57. The summed E-state index contributed by atoms with van der Waals surface area (Å²) >= 11 is 0.441. The highest BCUT2D eigenvalue weighted by atomic mass is 32.2. The highest BCUT2D eigenvalue weighted by Crippen LogP contribution is 2.27. The molecule has 2 amide bonds. The zero-order valence-electron chi connectivity index (χ0n) is 7.22. The van der Waals surface area contributed by atoms with Crippen molar-refractivity contribution in [3.05, 3.63) is 0 Å². The lowest BCUT2D eigenvalue weighted by molar-refractivity contribution is -0.320. The van der Waals surface area contributed by atoms with Gasteiger partial charge >= 0.3 is 0 Å². The van der Waals surface area contributed by atoms with Crippen LogP contribution in [0.3, 0.4) is 0 Å². The number of rotatable bonds is 4. The molecule has 15 heavy (non-hydrogen) atoms. The first kappa shape index (κ1) is 11.5. The Labute approximate surface area is 87.8 Å². The molecule has 1 rings (SSSR count). The predicted molar refractivity (Wildman–Crippen MR) is 43.0 cm³/mol. The van der Waals surface area contributed by atoms with E-state index in [1.807, 2.05) is 5.32 Å². The molecule has 1 heterocycles. The predicted octanol–water partition coefficient (Wildman–Crippen LogP) is -3.16. The van der Waals surface area contributed by atoms with Gasteiger partial charge in [0.25, 0.3) is 5.24 Å². The van der Waals surface area contributed by atoms with Gasteiger partial charge in [0.05, 0.1) is 0 Å². The van der Waals surface area contributed by atoms with Crippen LogP contribution in [-0.2, 0) is 14.4 Å².